The molecule has 2 fully saturated rings. The Hall–Kier alpha value is -1.51. The maximum absolute atomic E-state index is 12.4. The Labute approximate surface area is 140 Å². The molecule has 126 valence electrons. The minimum atomic E-state index is -0.416. The lowest BCUT2D eigenvalue weighted by atomic mass is 9.70. The van der Waals surface area contributed by atoms with E-state index in [0.717, 1.165) is 13.1 Å². The molecule has 1 heterocycles. The summed E-state index contributed by atoms with van der Waals surface area (Å²) in [5.41, 5.74) is 2.45. The van der Waals surface area contributed by atoms with Gasteiger partial charge in [0.15, 0.2) is 0 Å². The van der Waals surface area contributed by atoms with Crippen molar-refractivity contribution in [2.45, 2.75) is 58.5 Å². The van der Waals surface area contributed by atoms with E-state index in [1.54, 1.807) is 0 Å². The van der Waals surface area contributed by atoms with Crippen molar-refractivity contribution < 1.29 is 9.53 Å². The molecule has 1 saturated carbocycles. The zero-order valence-corrected chi connectivity index (χ0v) is 14.8. The number of hydrogen-bond acceptors (Lipinski definition) is 2. The first-order chi connectivity index (χ1) is 10.8. The number of carbonyl (C=O) groups is 1. The molecular weight excluding hydrogens is 286 g/mol. The van der Waals surface area contributed by atoms with Crippen LogP contribution in [0.15, 0.2) is 24.3 Å². The molecule has 3 unspecified atom stereocenters. The molecule has 1 aliphatic heterocycles. The SMILES string of the molecule is Cc1ccccc1C1CCCC2CN(C(=O)OC(C)(C)C)CC21. The van der Waals surface area contributed by atoms with Gasteiger partial charge in [-0.1, -0.05) is 30.7 Å². The summed E-state index contributed by atoms with van der Waals surface area (Å²) < 4.78 is 5.58. The Morgan fingerprint density at radius 2 is 1.91 bits per heavy atom. The van der Waals surface area contributed by atoms with Crippen LogP contribution in [0.4, 0.5) is 4.79 Å². The van der Waals surface area contributed by atoms with Crippen molar-refractivity contribution in [3.63, 3.8) is 0 Å². The van der Waals surface area contributed by atoms with Crippen molar-refractivity contribution in [2.24, 2.45) is 11.8 Å². The second kappa shape index (κ2) is 6.18. The van der Waals surface area contributed by atoms with Crippen molar-refractivity contribution in [3.05, 3.63) is 35.4 Å². The van der Waals surface area contributed by atoms with Crippen LogP contribution in [-0.4, -0.2) is 29.7 Å². The zero-order valence-electron chi connectivity index (χ0n) is 14.8. The molecule has 3 rings (SSSR count). The third kappa shape index (κ3) is 3.54. The van der Waals surface area contributed by atoms with Crippen LogP contribution in [0.3, 0.4) is 0 Å². The van der Waals surface area contributed by atoms with Gasteiger partial charge in [-0.2, -0.15) is 0 Å². The largest absolute Gasteiger partial charge is 0.444 e. The van der Waals surface area contributed by atoms with E-state index in [1.165, 1.54) is 30.4 Å². The first-order valence-electron chi connectivity index (χ1n) is 8.88. The lowest BCUT2D eigenvalue weighted by molar-refractivity contribution is 0.0283. The molecule has 0 spiro atoms. The first kappa shape index (κ1) is 16.4. The first-order valence-corrected chi connectivity index (χ1v) is 8.88. The van der Waals surface area contributed by atoms with E-state index < -0.39 is 5.60 Å². The van der Waals surface area contributed by atoms with E-state index in [-0.39, 0.29) is 6.09 Å². The van der Waals surface area contributed by atoms with Gasteiger partial charge in [-0.25, -0.2) is 4.79 Å². The van der Waals surface area contributed by atoms with Crippen molar-refractivity contribution in [3.8, 4) is 0 Å². The molecule has 3 atom stereocenters. The predicted molar refractivity (Wildman–Crippen MR) is 92.6 cm³/mol. The summed E-state index contributed by atoms with van der Waals surface area (Å²) in [6.07, 6.45) is 3.61. The molecule has 1 aliphatic carbocycles. The molecule has 1 aromatic carbocycles. The molecule has 23 heavy (non-hydrogen) atoms. The summed E-state index contributed by atoms with van der Waals surface area (Å²) in [6, 6.07) is 8.74. The fourth-order valence-corrected chi connectivity index (χ4v) is 4.34. The van der Waals surface area contributed by atoms with Gasteiger partial charge in [-0.05, 0) is 69.4 Å². The highest BCUT2D eigenvalue weighted by Crippen LogP contribution is 2.46. The highest BCUT2D eigenvalue weighted by Gasteiger charge is 2.43. The quantitative estimate of drug-likeness (QED) is 0.748. The number of amides is 1. The lowest BCUT2D eigenvalue weighted by Crippen LogP contribution is -2.35. The minimum Gasteiger partial charge on any atom is -0.444 e. The Morgan fingerprint density at radius 1 is 1.17 bits per heavy atom. The summed E-state index contributed by atoms with van der Waals surface area (Å²) in [7, 11) is 0. The summed E-state index contributed by atoms with van der Waals surface area (Å²) in [5, 5.41) is 0. The van der Waals surface area contributed by atoms with Gasteiger partial charge >= 0.3 is 6.09 Å². The Kier molecular flexibility index (Phi) is 4.39. The van der Waals surface area contributed by atoms with Crippen molar-refractivity contribution in [1.29, 1.82) is 0 Å². The third-order valence-corrected chi connectivity index (χ3v) is 5.34. The number of hydrogen-bond donors (Lipinski definition) is 0. The highest BCUT2D eigenvalue weighted by atomic mass is 16.6. The molecule has 3 nitrogen and oxygen atoms in total. The molecule has 1 amide bonds. The average Bonchev–Trinajstić information content (AvgIpc) is 2.90. The van der Waals surface area contributed by atoms with Gasteiger partial charge in [0.2, 0.25) is 0 Å². The molecule has 1 aromatic rings. The lowest BCUT2D eigenvalue weighted by Gasteiger charge is -2.34. The summed E-state index contributed by atoms with van der Waals surface area (Å²) in [5.74, 6) is 1.79. The molecule has 0 bridgehead atoms. The average molecular weight is 315 g/mol. The van der Waals surface area contributed by atoms with Gasteiger partial charge in [0.1, 0.15) is 5.60 Å². The van der Waals surface area contributed by atoms with E-state index in [0.29, 0.717) is 17.8 Å². The van der Waals surface area contributed by atoms with Crippen LogP contribution >= 0.6 is 0 Å². The van der Waals surface area contributed by atoms with Gasteiger partial charge in [0.25, 0.3) is 0 Å². The molecule has 3 heteroatoms. The number of carbonyl (C=O) groups excluding carboxylic acids is 1. The highest BCUT2D eigenvalue weighted by molar-refractivity contribution is 5.68. The van der Waals surface area contributed by atoms with Gasteiger partial charge in [-0.3, -0.25) is 0 Å². The molecule has 1 saturated heterocycles. The second-order valence-electron chi connectivity index (χ2n) is 8.20. The number of benzene rings is 1. The number of fused-ring (bicyclic) bond motifs is 1. The molecule has 0 N–H and O–H groups in total. The smallest absolute Gasteiger partial charge is 0.410 e. The van der Waals surface area contributed by atoms with Gasteiger partial charge in [0.05, 0.1) is 0 Å². The van der Waals surface area contributed by atoms with E-state index in [9.17, 15) is 4.79 Å². The maximum atomic E-state index is 12.4. The van der Waals surface area contributed by atoms with Gasteiger partial charge in [0, 0.05) is 13.1 Å². The number of nitrogens with zero attached hydrogens (tertiary/aromatic N) is 1. The molecule has 0 radical (unpaired) electrons. The Bertz CT molecular complexity index is 575. The monoisotopic (exact) mass is 315 g/mol. The maximum Gasteiger partial charge on any atom is 0.410 e. The predicted octanol–water partition coefficient (Wildman–Crippen LogP) is 4.75. The van der Waals surface area contributed by atoms with Crippen LogP contribution in [0.2, 0.25) is 0 Å². The van der Waals surface area contributed by atoms with E-state index in [1.807, 2.05) is 25.7 Å². The summed E-state index contributed by atoms with van der Waals surface area (Å²) in [4.78, 5) is 14.4. The van der Waals surface area contributed by atoms with Crippen LogP contribution in [-0.2, 0) is 4.74 Å². The van der Waals surface area contributed by atoms with Crippen LogP contribution < -0.4 is 0 Å². The Morgan fingerprint density at radius 3 is 2.61 bits per heavy atom. The topological polar surface area (TPSA) is 29.5 Å². The number of likely N-dealkylation sites (tertiary alicyclic amines) is 1. The minimum absolute atomic E-state index is 0.143. The van der Waals surface area contributed by atoms with Crippen molar-refractivity contribution in [1.82, 2.24) is 4.90 Å². The zero-order chi connectivity index (χ0) is 16.6. The fraction of sp³-hybridized carbons (Fsp3) is 0.650. The van der Waals surface area contributed by atoms with Crippen LogP contribution in [0.5, 0.6) is 0 Å². The Balaban J connectivity index is 1.76. The van der Waals surface area contributed by atoms with Gasteiger partial charge in [-0.15, -0.1) is 0 Å². The van der Waals surface area contributed by atoms with Crippen LogP contribution in [0.1, 0.15) is 57.1 Å². The van der Waals surface area contributed by atoms with Crippen LogP contribution in [0.25, 0.3) is 0 Å². The summed E-state index contributed by atoms with van der Waals surface area (Å²) in [6.45, 7) is 9.72. The molecule has 0 aromatic heterocycles. The van der Waals surface area contributed by atoms with Crippen molar-refractivity contribution >= 4 is 6.09 Å². The molecular formula is C20H29NO2. The fourth-order valence-electron chi connectivity index (χ4n) is 4.34. The summed E-state index contributed by atoms with van der Waals surface area (Å²) >= 11 is 0. The molecule has 2 aliphatic rings. The van der Waals surface area contributed by atoms with E-state index in [4.69, 9.17) is 4.74 Å². The van der Waals surface area contributed by atoms with Crippen LogP contribution in [0, 0.1) is 18.8 Å². The normalized spacial score (nSPS) is 27.7. The van der Waals surface area contributed by atoms with E-state index in [2.05, 4.69) is 31.2 Å². The third-order valence-electron chi connectivity index (χ3n) is 5.34. The number of ether oxygens (including phenoxy) is 1. The van der Waals surface area contributed by atoms with Crippen molar-refractivity contribution in [2.75, 3.05) is 13.1 Å². The second-order valence-corrected chi connectivity index (χ2v) is 8.20. The number of rotatable bonds is 1. The van der Waals surface area contributed by atoms with Gasteiger partial charge < -0.3 is 9.64 Å². The standard InChI is InChI=1S/C20H29NO2/c1-14-8-5-6-10-16(14)17-11-7-9-15-12-21(13-18(15)17)19(22)23-20(2,3)4/h5-6,8,10,15,17-18H,7,9,11-13H2,1-4H3. The number of aryl methyl sites for hydroxylation is 1. The van der Waals surface area contributed by atoms with E-state index >= 15 is 0 Å².